The van der Waals surface area contributed by atoms with Crippen LogP contribution in [0.1, 0.15) is 72.1 Å². The van der Waals surface area contributed by atoms with E-state index in [1.807, 2.05) is 27.7 Å². The number of benzene rings is 2. The van der Waals surface area contributed by atoms with Gasteiger partial charge in [0.25, 0.3) is 0 Å². The van der Waals surface area contributed by atoms with Crippen LogP contribution in [0, 0.1) is 33.6 Å². The molecule has 0 aliphatic carbocycles. The van der Waals surface area contributed by atoms with E-state index in [9.17, 15) is 5.11 Å². The maximum atomic E-state index is 9.91. The first-order valence-electron chi connectivity index (χ1n) is 11.1. The maximum absolute atomic E-state index is 9.91. The Morgan fingerprint density at radius 3 is 2.27 bits per heavy atom. The number of aliphatic hydroxyl groups excluding tert-OH is 1. The average molecular weight is 404 g/mol. The number of hydrogen-bond donors (Lipinski definition) is 1. The van der Waals surface area contributed by atoms with Crippen molar-refractivity contribution in [2.45, 2.75) is 67.2 Å². The van der Waals surface area contributed by atoms with E-state index in [4.69, 9.17) is 4.99 Å². The third-order valence-corrected chi connectivity index (χ3v) is 5.88. The van der Waals surface area contributed by atoms with Crippen LogP contribution in [0.4, 0.5) is 0 Å². The zero-order valence-electron chi connectivity index (χ0n) is 19.7. The number of nitrogens with zero attached hydrogens (tertiary/aromatic N) is 1. The number of aryl methyl sites for hydroxylation is 3. The van der Waals surface area contributed by atoms with E-state index in [0.717, 1.165) is 35.2 Å². The van der Waals surface area contributed by atoms with Crippen molar-refractivity contribution in [2.24, 2.45) is 10.9 Å². The van der Waals surface area contributed by atoms with Gasteiger partial charge in [-0.3, -0.25) is 4.99 Å². The highest BCUT2D eigenvalue weighted by Crippen LogP contribution is 2.35. The van der Waals surface area contributed by atoms with E-state index in [0.29, 0.717) is 5.92 Å². The van der Waals surface area contributed by atoms with Gasteiger partial charge in [0.1, 0.15) is 5.76 Å². The number of allylic oxidation sites excluding steroid dienone is 2. The number of aliphatic imine (C=N–C) groups is 1. The van der Waals surface area contributed by atoms with Crippen LogP contribution in [-0.2, 0) is 6.42 Å². The van der Waals surface area contributed by atoms with Crippen molar-refractivity contribution in [3.63, 3.8) is 0 Å². The van der Waals surface area contributed by atoms with Gasteiger partial charge in [0, 0.05) is 23.4 Å². The van der Waals surface area contributed by atoms with Crippen LogP contribution < -0.4 is 0 Å². The molecule has 1 N–H and O–H groups in total. The second kappa shape index (κ2) is 10.4. The van der Waals surface area contributed by atoms with Crippen LogP contribution in [0.3, 0.4) is 0 Å². The molecule has 2 unspecified atom stereocenters. The molecule has 160 valence electrons. The minimum Gasteiger partial charge on any atom is -0.508 e. The van der Waals surface area contributed by atoms with E-state index in [1.54, 1.807) is 0 Å². The van der Waals surface area contributed by atoms with E-state index in [-0.39, 0.29) is 11.7 Å². The third kappa shape index (κ3) is 5.30. The molecule has 1 heterocycles. The standard InChI is InChI=1S/C26H31NO.C2H6/c1-16-10-11-25(27-15-16)24(23-9-7-8-17(2)20(23)5)14-22-12-18(3)26(21(6)28)19(4)13-22;1-2/h7-9,11-13,15-16,24,28H,6,10,14H2,1-5H3;1-2H3. The van der Waals surface area contributed by atoms with Crippen LogP contribution in [0.5, 0.6) is 0 Å². The van der Waals surface area contributed by atoms with Gasteiger partial charge in [-0.1, -0.05) is 63.8 Å². The molecule has 0 radical (unpaired) electrons. The first kappa shape index (κ1) is 23.7. The molecule has 2 aromatic rings. The summed E-state index contributed by atoms with van der Waals surface area (Å²) < 4.78 is 0. The predicted molar refractivity (Wildman–Crippen MR) is 132 cm³/mol. The van der Waals surface area contributed by atoms with Crippen LogP contribution in [0.2, 0.25) is 0 Å². The lowest BCUT2D eigenvalue weighted by Crippen LogP contribution is -2.12. The highest BCUT2D eigenvalue weighted by molar-refractivity contribution is 5.65. The smallest absolute Gasteiger partial charge is 0.116 e. The summed E-state index contributed by atoms with van der Waals surface area (Å²) in [7, 11) is 0. The molecule has 0 saturated carbocycles. The van der Waals surface area contributed by atoms with Crippen molar-refractivity contribution in [1.29, 1.82) is 0 Å². The largest absolute Gasteiger partial charge is 0.508 e. The minimum absolute atomic E-state index is 0.140. The van der Waals surface area contributed by atoms with Gasteiger partial charge < -0.3 is 5.11 Å². The lowest BCUT2D eigenvalue weighted by Gasteiger charge is -2.24. The summed E-state index contributed by atoms with van der Waals surface area (Å²) in [6, 6.07) is 10.9. The molecule has 1 aliphatic heterocycles. The Balaban J connectivity index is 0.00000155. The molecule has 0 aromatic heterocycles. The molecule has 0 fully saturated rings. The molecular formula is C28H37NO. The molecule has 3 rings (SSSR count). The second-order valence-electron chi connectivity index (χ2n) is 8.22. The molecule has 2 aromatic carbocycles. The molecule has 0 bridgehead atoms. The van der Waals surface area contributed by atoms with Crippen molar-refractivity contribution >= 4 is 12.0 Å². The van der Waals surface area contributed by atoms with Gasteiger partial charge in [-0.2, -0.15) is 0 Å². The fraction of sp³-hybridized carbons (Fsp3) is 0.393. The highest BCUT2D eigenvalue weighted by Gasteiger charge is 2.22. The first-order chi connectivity index (χ1) is 14.3. The summed E-state index contributed by atoms with van der Waals surface area (Å²) in [5, 5.41) is 9.91. The third-order valence-electron chi connectivity index (χ3n) is 5.88. The van der Waals surface area contributed by atoms with Crippen molar-refractivity contribution in [2.75, 3.05) is 0 Å². The van der Waals surface area contributed by atoms with Crippen molar-refractivity contribution in [1.82, 2.24) is 0 Å². The minimum atomic E-state index is 0.140. The van der Waals surface area contributed by atoms with Crippen molar-refractivity contribution in [3.8, 4) is 0 Å². The lowest BCUT2D eigenvalue weighted by atomic mass is 9.83. The molecule has 0 amide bonds. The van der Waals surface area contributed by atoms with E-state index >= 15 is 0 Å². The highest BCUT2D eigenvalue weighted by atomic mass is 16.3. The monoisotopic (exact) mass is 403 g/mol. The molecule has 0 saturated heterocycles. The van der Waals surface area contributed by atoms with Crippen LogP contribution in [0.15, 0.2) is 53.7 Å². The second-order valence-corrected chi connectivity index (χ2v) is 8.22. The Morgan fingerprint density at radius 2 is 1.73 bits per heavy atom. The van der Waals surface area contributed by atoms with Crippen LogP contribution in [-0.4, -0.2) is 11.3 Å². The number of aliphatic hydroxyl groups is 1. The normalized spacial score (nSPS) is 16.4. The van der Waals surface area contributed by atoms with Gasteiger partial charge in [0.05, 0.1) is 0 Å². The zero-order valence-corrected chi connectivity index (χ0v) is 19.7. The maximum Gasteiger partial charge on any atom is 0.116 e. The number of hydrogen-bond acceptors (Lipinski definition) is 2. The topological polar surface area (TPSA) is 32.6 Å². The Bertz CT molecular complexity index is 942. The van der Waals surface area contributed by atoms with Gasteiger partial charge in [0.15, 0.2) is 0 Å². The summed E-state index contributed by atoms with van der Waals surface area (Å²) in [6.45, 7) is 18.4. The Hall–Kier alpha value is -2.61. The molecule has 1 aliphatic rings. The molecule has 2 nitrogen and oxygen atoms in total. The summed E-state index contributed by atoms with van der Waals surface area (Å²) in [5.41, 5.74) is 9.43. The number of rotatable bonds is 5. The van der Waals surface area contributed by atoms with Gasteiger partial charge in [0.2, 0.25) is 0 Å². The fourth-order valence-corrected chi connectivity index (χ4v) is 4.25. The van der Waals surface area contributed by atoms with E-state index in [2.05, 4.69) is 70.0 Å². The first-order valence-corrected chi connectivity index (χ1v) is 11.1. The van der Waals surface area contributed by atoms with Crippen LogP contribution >= 0.6 is 0 Å². The lowest BCUT2D eigenvalue weighted by molar-refractivity contribution is 0.512. The summed E-state index contributed by atoms with van der Waals surface area (Å²) >= 11 is 0. The molecule has 2 atom stereocenters. The molecule has 0 spiro atoms. The summed E-state index contributed by atoms with van der Waals surface area (Å²) in [5.74, 6) is 0.870. The molecule has 2 heteroatoms. The van der Waals surface area contributed by atoms with E-state index < -0.39 is 0 Å². The quantitative estimate of drug-likeness (QED) is 0.508. The average Bonchev–Trinajstić information content (AvgIpc) is 2.70. The fourth-order valence-electron chi connectivity index (χ4n) is 4.25. The van der Waals surface area contributed by atoms with Crippen molar-refractivity contribution < 1.29 is 5.11 Å². The van der Waals surface area contributed by atoms with Gasteiger partial charge in [-0.25, -0.2) is 0 Å². The molecule has 30 heavy (non-hydrogen) atoms. The SMILES string of the molecule is C=C(O)c1c(C)cc(CC(C2=CCC(C)C=N2)c2cccc(C)c2C)cc1C.CC. The van der Waals surface area contributed by atoms with Gasteiger partial charge in [-0.15, -0.1) is 0 Å². The Kier molecular flexibility index (Phi) is 8.23. The molecular weight excluding hydrogens is 366 g/mol. The zero-order chi connectivity index (χ0) is 22.4. The Morgan fingerprint density at radius 1 is 1.10 bits per heavy atom. The van der Waals surface area contributed by atoms with E-state index in [1.165, 1.54) is 22.3 Å². The summed E-state index contributed by atoms with van der Waals surface area (Å²) in [6.07, 6.45) is 6.33. The Labute approximate surface area is 183 Å². The van der Waals surface area contributed by atoms with Crippen LogP contribution in [0.25, 0.3) is 5.76 Å². The van der Waals surface area contributed by atoms with Gasteiger partial charge in [-0.05, 0) is 79.8 Å². The van der Waals surface area contributed by atoms with Gasteiger partial charge >= 0.3 is 0 Å². The van der Waals surface area contributed by atoms with Crippen molar-refractivity contribution in [3.05, 3.63) is 87.6 Å². The summed E-state index contributed by atoms with van der Waals surface area (Å²) in [4.78, 5) is 4.83. The predicted octanol–water partition coefficient (Wildman–Crippen LogP) is 7.80.